The molecule has 0 radical (unpaired) electrons. The van der Waals surface area contributed by atoms with E-state index in [1.54, 1.807) is 12.3 Å². The molecule has 0 atom stereocenters. The van der Waals surface area contributed by atoms with E-state index in [4.69, 9.17) is 5.73 Å². The van der Waals surface area contributed by atoms with Crippen LogP contribution < -0.4 is 5.73 Å². The summed E-state index contributed by atoms with van der Waals surface area (Å²) in [5.41, 5.74) is 7.95. The summed E-state index contributed by atoms with van der Waals surface area (Å²) in [5.74, 6) is 0. The third-order valence-corrected chi connectivity index (χ3v) is 3.49. The molecule has 90 valence electrons. The second-order valence-corrected chi connectivity index (χ2v) is 10.8. The van der Waals surface area contributed by atoms with E-state index in [0.717, 1.165) is 17.6 Å². The molecule has 2 aromatic rings. The highest BCUT2D eigenvalue weighted by Gasteiger charge is 2.15. The third kappa shape index (κ3) is 3.13. The SMILES string of the molecule is C[Si](C)(C)Cn1cc(-c2cc(N)ccn2)nn1. The molecule has 0 unspecified atom stereocenters. The number of aromatic nitrogens is 4. The van der Waals surface area contributed by atoms with E-state index >= 15 is 0 Å². The van der Waals surface area contributed by atoms with Crippen molar-refractivity contribution < 1.29 is 0 Å². The standard InChI is InChI=1S/C11H17N5Si/c1-17(2,3)8-16-7-11(14-15-16)10-6-9(12)4-5-13-10/h4-7H,8H2,1-3H3,(H2,12,13). The van der Waals surface area contributed by atoms with Gasteiger partial charge in [-0.3, -0.25) is 9.67 Å². The highest BCUT2D eigenvalue weighted by Crippen LogP contribution is 2.16. The smallest absolute Gasteiger partial charge is 0.131 e. The van der Waals surface area contributed by atoms with Crippen LogP contribution in [-0.2, 0) is 6.17 Å². The van der Waals surface area contributed by atoms with Crippen molar-refractivity contribution in [3.8, 4) is 11.4 Å². The Bertz CT molecular complexity index is 515. The third-order valence-electron chi connectivity index (χ3n) is 2.22. The molecule has 0 fully saturated rings. The molecule has 0 amide bonds. The van der Waals surface area contributed by atoms with Gasteiger partial charge in [0.1, 0.15) is 5.69 Å². The molecule has 0 saturated heterocycles. The second-order valence-electron chi connectivity index (χ2n) is 5.34. The van der Waals surface area contributed by atoms with Crippen LogP contribution in [0.2, 0.25) is 19.6 Å². The maximum absolute atomic E-state index is 5.72. The van der Waals surface area contributed by atoms with Crippen LogP contribution in [0.4, 0.5) is 5.69 Å². The van der Waals surface area contributed by atoms with Crippen LogP contribution in [0, 0.1) is 0 Å². The van der Waals surface area contributed by atoms with Crippen LogP contribution in [-0.4, -0.2) is 28.1 Å². The van der Waals surface area contributed by atoms with Crippen molar-refractivity contribution in [2.24, 2.45) is 0 Å². The van der Waals surface area contributed by atoms with Crippen LogP contribution in [0.15, 0.2) is 24.5 Å². The zero-order valence-corrected chi connectivity index (χ0v) is 11.4. The topological polar surface area (TPSA) is 69.6 Å². The van der Waals surface area contributed by atoms with Crippen molar-refractivity contribution in [2.75, 3.05) is 5.73 Å². The zero-order valence-electron chi connectivity index (χ0n) is 10.4. The minimum absolute atomic E-state index is 0.690. The van der Waals surface area contributed by atoms with E-state index in [1.165, 1.54) is 0 Å². The van der Waals surface area contributed by atoms with Crippen molar-refractivity contribution in [3.63, 3.8) is 0 Å². The molecular formula is C11H17N5Si. The first-order chi connectivity index (χ1) is 7.94. The molecule has 2 N–H and O–H groups in total. The Morgan fingerprint density at radius 3 is 2.71 bits per heavy atom. The van der Waals surface area contributed by atoms with Crippen LogP contribution in [0.1, 0.15) is 0 Å². The lowest BCUT2D eigenvalue weighted by molar-refractivity contribution is 0.681. The predicted octanol–water partition coefficient (Wildman–Crippen LogP) is 1.80. The number of anilines is 1. The maximum Gasteiger partial charge on any atom is 0.131 e. The Kier molecular flexibility index (Phi) is 2.97. The Balaban J connectivity index is 2.24. The molecule has 2 heterocycles. The lowest BCUT2D eigenvalue weighted by Crippen LogP contribution is -2.28. The van der Waals surface area contributed by atoms with Gasteiger partial charge in [-0.15, -0.1) is 5.10 Å². The molecule has 2 aromatic heterocycles. The summed E-state index contributed by atoms with van der Waals surface area (Å²) in [4.78, 5) is 4.24. The molecule has 6 heteroatoms. The predicted molar refractivity (Wildman–Crippen MR) is 71.0 cm³/mol. The van der Waals surface area contributed by atoms with Gasteiger partial charge in [-0.25, -0.2) is 0 Å². The van der Waals surface area contributed by atoms with Crippen LogP contribution >= 0.6 is 0 Å². The fourth-order valence-electron chi connectivity index (χ4n) is 1.57. The highest BCUT2D eigenvalue weighted by molar-refractivity contribution is 6.74. The lowest BCUT2D eigenvalue weighted by Gasteiger charge is -2.14. The molecule has 0 bridgehead atoms. The molecule has 0 spiro atoms. The molecule has 0 aromatic carbocycles. The Morgan fingerprint density at radius 1 is 1.29 bits per heavy atom. The number of hydrogen-bond donors (Lipinski definition) is 1. The average Bonchev–Trinajstić information content (AvgIpc) is 2.63. The average molecular weight is 247 g/mol. The Hall–Kier alpha value is -1.69. The summed E-state index contributed by atoms with van der Waals surface area (Å²) >= 11 is 0. The first-order valence-electron chi connectivity index (χ1n) is 5.56. The van der Waals surface area contributed by atoms with E-state index < -0.39 is 8.07 Å². The minimum Gasteiger partial charge on any atom is -0.399 e. The summed E-state index contributed by atoms with van der Waals surface area (Å²) in [7, 11) is -1.18. The fourth-order valence-corrected chi connectivity index (χ4v) is 2.69. The van der Waals surface area contributed by atoms with Crippen LogP contribution in [0.5, 0.6) is 0 Å². The van der Waals surface area contributed by atoms with E-state index in [0.29, 0.717) is 5.69 Å². The normalized spacial score (nSPS) is 11.7. The summed E-state index contributed by atoms with van der Waals surface area (Å²) in [6.07, 6.45) is 4.57. The zero-order chi connectivity index (χ0) is 12.5. The Labute approximate surface area is 102 Å². The largest absolute Gasteiger partial charge is 0.399 e. The number of nitrogen functional groups attached to an aromatic ring is 1. The molecule has 0 aliphatic heterocycles. The van der Waals surface area contributed by atoms with Crippen molar-refractivity contribution in [1.29, 1.82) is 0 Å². The molecule has 0 aliphatic rings. The molecule has 0 aliphatic carbocycles. The lowest BCUT2D eigenvalue weighted by atomic mass is 10.3. The van der Waals surface area contributed by atoms with Gasteiger partial charge in [0.2, 0.25) is 0 Å². The molecular weight excluding hydrogens is 230 g/mol. The number of pyridine rings is 1. The van der Waals surface area contributed by atoms with Gasteiger partial charge in [0.05, 0.1) is 20.0 Å². The van der Waals surface area contributed by atoms with Crippen LogP contribution in [0.25, 0.3) is 11.4 Å². The van der Waals surface area contributed by atoms with Gasteiger partial charge >= 0.3 is 0 Å². The van der Waals surface area contributed by atoms with Gasteiger partial charge in [-0.2, -0.15) is 0 Å². The first-order valence-corrected chi connectivity index (χ1v) is 9.27. The van der Waals surface area contributed by atoms with E-state index in [2.05, 4.69) is 34.9 Å². The van der Waals surface area contributed by atoms with Crippen molar-refractivity contribution >= 4 is 13.8 Å². The minimum atomic E-state index is -1.18. The number of nitrogens with two attached hydrogens (primary N) is 1. The molecule has 17 heavy (non-hydrogen) atoms. The monoisotopic (exact) mass is 247 g/mol. The van der Waals surface area contributed by atoms with Gasteiger partial charge in [-0.1, -0.05) is 24.9 Å². The summed E-state index contributed by atoms with van der Waals surface area (Å²) < 4.78 is 1.90. The van der Waals surface area contributed by atoms with E-state index in [1.807, 2.05) is 16.9 Å². The Morgan fingerprint density at radius 2 is 2.06 bits per heavy atom. The number of rotatable bonds is 3. The van der Waals surface area contributed by atoms with Crippen molar-refractivity contribution in [2.45, 2.75) is 25.8 Å². The second kappa shape index (κ2) is 4.29. The van der Waals surface area contributed by atoms with Gasteiger partial charge in [-0.05, 0) is 12.1 Å². The quantitative estimate of drug-likeness (QED) is 0.840. The van der Waals surface area contributed by atoms with Gasteiger partial charge in [0.25, 0.3) is 0 Å². The van der Waals surface area contributed by atoms with E-state index in [9.17, 15) is 0 Å². The van der Waals surface area contributed by atoms with Gasteiger partial charge in [0, 0.05) is 18.1 Å². The van der Waals surface area contributed by atoms with E-state index in [-0.39, 0.29) is 0 Å². The molecule has 2 rings (SSSR count). The molecule has 0 saturated carbocycles. The maximum atomic E-state index is 5.72. The number of nitrogens with zero attached hydrogens (tertiary/aromatic N) is 4. The highest BCUT2D eigenvalue weighted by atomic mass is 28.3. The van der Waals surface area contributed by atoms with Crippen LogP contribution in [0.3, 0.4) is 0 Å². The fraction of sp³-hybridized carbons (Fsp3) is 0.364. The summed E-state index contributed by atoms with van der Waals surface area (Å²) in [6.45, 7) is 6.90. The van der Waals surface area contributed by atoms with Crippen molar-refractivity contribution in [1.82, 2.24) is 20.0 Å². The molecule has 5 nitrogen and oxygen atoms in total. The summed E-state index contributed by atoms with van der Waals surface area (Å²) in [5, 5.41) is 8.26. The first kappa shape index (κ1) is 11.8. The van der Waals surface area contributed by atoms with Crippen molar-refractivity contribution in [3.05, 3.63) is 24.5 Å². The van der Waals surface area contributed by atoms with Gasteiger partial charge < -0.3 is 5.73 Å². The van der Waals surface area contributed by atoms with Gasteiger partial charge in [0.15, 0.2) is 0 Å². The summed E-state index contributed by atoms with van der Waals surface area (Å²) in [6, 6.07) is 3.57. The number of hydrogen-bond acceptors (Lipinski definition) is 4.